The lowest BCUT2D eigenvalue weighted by Gasteiger charge is -2.11. The smallest absolute Gasteiger partial charge is 0.306 e. The van der Waals surface area contributed by atoms with Gasteiger partial charge < -0.3 is 10.2 Å². The zero-order valence-electron chi connectivity index (χ0n) is 7.56. The Morgan fingerprint density at radius 1 is 1.23 bits per heavy atom. The maximum absolute atomic E-state index is 10.7. The summed E-state index contributed by atoms with van der Waals surface area (Å²) in [6.45, 7) is 1.91. The van der Waals surface area contributed by atoms with Crippen molar-refractivity contribution in [2.45, 2.75) is 26.2 Å². The van der Waals surface area contributed by atoms with Gasteiger partial charge in [0.2, 0.25) is 0 Å². The second-order valence-electron chi connectivity index (χ2n) is 3.62. The Kier molecular flexibility index (Phi) is 2.90. The predicted molar refractivity (Wildman–Crippen MR) is 45.3 cm³/mol. The first-order valence-corrected chi connectivity index (χ1v) is 4.51. The van der Waals surface area contributed by atoms with E-state index in [2.05, 4.69) is 0 Å². The standard InChI is InChI=1S/C9H14O4/c1-2-5-3-6(8(10)11)4-7(5)9(12)13/h5-7H,2-4H2,1H3,(H,10,11)(H,12,13). The van der Waals surface area contributed by atoms with Gasteiger partial charge in [0.25, 0.3) is 0 Å². The molecule has 0 heterocycles. The summed E-state index contributed by atoms with van der Waals surface area (Å²) in [6, 6.07) is 0. The minimum atomic E-state index is -0.859. The maximum Gasteiger partial charge on any atom is 0.306 e. The minimum Gasteiger partial charge on any atom is -0.481 e. The van der Waals surface area contributed by atoms with Gasteiger partial charge in [-0.1, -0.05) is 13.3 Å². The van der Waals surface area contributed by atoms with E-state index in [9.17, 15) is 9.59 Å². The third-order valence-electron chi connectivity index (χ3n) is 2.89. The highest BCUT2D eigenvalue weighted by atomic mass is 16.4. The van der Waals surface area contributed by atoms with Crippen molar-refractivity contribution < 1.29 is 19.8 Å². The summed E-state index contributed by atoms with van der Waals surface area (Å²) in [5.41, 5.74) is 0. The van der Waals surface area contributed by atoms with Crippen LogP contribution < -0.4 is 0 Å². The average molecular weight is 186 g/mol. The Morgan fingerprint density at radius 3 is 2.15 bits per heavy atom. The predicted octanol–water partition coefficient (Wildman–Crippen LogP) is 1.21. The second kappa shape index (κ2) is 3.77. The fraction of sp³-hybridized carbons (Fsp3) is 0.778. The molecule has 4 nitrogen and oxygen atoms in total. The third kappa shape index (κ3) is 1.99. The van der Waals surface area contributed by atoms with Gasteiger partial charge in [-0.05, 0) is 18.8 Å². The van der Waals surface area contributed by atoms with E-state index in [1.165, 1.54) is 0 Å². The molecule has 1 saturated carbocycles. The van der Waals surface area contributed by atoms with E-state index in [0.29, 0.717) is 12.8 Å². The third-order valence-corrected chi connectivity index (χ3v) is 2.89. The Bertz CT molecular complexity index is 224. The van der Waals surface area contributed by atoms with Crippen LogP contribution in [-0.2, 0) is 9.59 Å². The largest absolute Gasteiger partial charge is 0.481 e. The summed E-state index contributed by atoms with van der Waals surface area (Å²) < 4.78 is 0. The lowest BCUT2D eigenvalue weighted by atomic mass is 9.94. The lowest BCUT2D eigenvalue weighted by molar-refractivity contribution is -0.143. The van der Waals surface area contributed by atoms with Crippen molar-refractivity contribution in [3.63, 3.8) is 0 Å². The number of hydrogen-bond acceptors (Lipinski definition) is 2. The van der Waals surface area contributed by atoms with Gasteiger partial charge in [0.1, 0.15) is 0 Å². The molecule has 0 spiro atoms. The van der Waals surface area contributed by atoms with Crippen LogP contribution in [0.25, 0.3) is 0 Å². The van der Waals surface area contributed by atoms with Crippen LogP contribution >= 0.6 is 0 Å². The van der Waals surface area contributed by atoms with Gasteiger partial charge in [-0.15, -0.1) is 0 Å². The van der Waals surface area contributed by atoms with Gasteiger partial charge in [-0.25, -0.2) is 0 Å². The van der Waals surface area contributed by atoms with Gasteiger partial charge in [0, 0.05) is 0 Å². The van der Waals surface area contributed by atoms with Crippen molar-refractivity contribution in [3.05, 3.63) is 0 Å². The van der Waals surface area contributed by atoms with Gasteiger partial charge in [-0.3, -0.25) is 9.59 Å². The fourth-order valence-corrected chi connectivity index (χ4v) is 2.08. The number of carbonyl (C=O) groups is 2. The Morgan fingerprint density at radius 2 is 1.85 bits per heavy atom. The monoisotopic (exact) mass is 186 g/mol. The minimum absolute atomic E-state index is 0.0404. The van der Waals surface area contributed by atoms with Crippen LogP contribution in [-0.4, -0.2) is 22.2 Å². The van der Waals surface area contributed by atoms with Gasteiger partial charge >= 0.3 is 11.9 Å². The zero-order chi connectivity index (χ0) is 10.0. The molecule has 1 aliphatic rings. The molecular formula is C9H14O4. The Labute approximate surface area is 76.6 Å². The molecule has 0 saturated heterocycles. The Hall–Kier alpha value is -1.06. The van der Waals surface area contributed by atoms with Crippen molar-refractivity contribution >= 4 is 11.9 Å². The molecule has 2 N–H and O–H groups in total. The van der Waals surface area contributed by atoms with Crippen LogP contribution in [0.2, 0.25) is 0 Å². The molecule has 1 fully saturated rings. The number of rotatable bonds is 3. The van der Waals surface area contributed by atoms with Crippen molar-refractivity contribution in [2.75, 3.05) is 0 Å². The van der Waals surface area contributed by atoms with Crippen LogP contribution in [0.3, 0.4) is 0 Å². The fourth-order valence-electron chi connectivity index (χ4n) is 2.08. The first-order valence-electron chi connectivity index (χ1n) is 4.51. The molecule has 74 valence electrons. The summed E-state index contributed by atoms with van der Waals surface area (Å²) in [7, 11) is 0. The quantitative estimate of drug-likeness (QED) is 0.694. The van der Waals surface area contributed by atoms with Crippen molar-refractivity contribution in [3.8, 4) is 0 Å². The normalized spacial score (nSPS) is 33.2. The highest BCUT2D eigenvalue weighted by molar-refractivity contribution is 5.75. The molecule has 1 rings (SSSR count). The van der Waals surface area contributed by atoms with Gasteiger partial charge in [-0.2, -0.15) is 0 Å². The summed E-state index contributed by atoms with van der Waals surface area (Å²) >= 11 is 0. The number of hydrogen-bond donors (Lipinski definition) is 2. The molecule has 0 aromatic heterocycles. The summed E-state index contributed by atoms with van der Waals surface area (Å²) in [5.74, 6) is -2.58. The van der Waals surface area contributed by atoms with Crippen LogP contribution in [0.5, 0.6) is 0 Å². The second-order valence-corrected chi connectivity index (χ2v) is 3.62. The highest BCUT2D eigenvalue weighted by Gasteiger charge is 2.40. The molecule has 0 aromatic rings. The van der Waals surface area contributed by atoms with Crippen molar-refractivity contribution in [2.24, 2.45) is 17.8 Å². The summed E-state index contributed by atoms with van der Waals surface area (Å²) in [6.07, 6.45) is 1.56. The van der Waals surface area contributed by atoms with Crippen molar-refractivity contribution in [1.82, 2.24) is 0 Å². The molecular weight excluding hydrogens is 172 g/mol. The summed E-state index contributed by atoms with van der Waals surface area (Å²) in [5, 5.41) is 17.6. The summed E-state index contributed by atoms with van der Waals surface area (Å²) in [4.78, 5) is 21.4. The van der Waals surface area contributed by atoms with Crippen LogP contribution in [0.4, 0.5) is 0 Å². The van der Waals surface area contributed by atoms with Gasteiger partial charge in [0.15, 0.2) is 0 Å². The highest BCUT2D eigenvalue weighted by Crippen LogP contribution is 2.38. The molecule has 0 aromatic carbocycles. The molecule has 0 bridgehead atoms. The molecule has 0 aliphatic heterocycles. The molecule has 3 unspecified atom stereocenters. The topological polar surface area (TPSA) is 74.6 Å². The molecule has 1 aliphatic carbocycles. The molecule has 3 atom stereocenters. The van der Waals surface area contributed by atoms with E-state index < -0.39 is 23.8 Å². The first-order chi connectivity index (χ1) is 6.06. The van der Waals surface area contributed by atoms with Gasteiger partial charge in [0.05, 0.1) is 11.8 Å². The van der Waals surface area contributed by atoms with E-state index >= 15 is 0 Å². The average Bonchev–Trinajstić information content (AvgIpc) is 2.47. The molecule has 0 amide bonds. The number of carboxylic acids is 2. The maximum atomic E-state index is 10.7. The van der Waals surface area contributed by atoms with E-state index in [-0.39, 0.29) is 5.92 Å². The Balaban J connectivity index is 2.66. The number of aliphatic carboxylic acids is 2. The molecule has 4 heteroatoms. The molecule has 0 radical (unpaired) electrons. The molecule has 13 heavy (non-hydrogen) atoms. The van der Waals surface area contributed by atoms with E-state index in [1.54, 1.807) is 0 Å². The lowest BCUT2D eigenvalue weighted by Crippen LogP contribution is -2.17. The van der Waals surface area contributed by atoms with E-state index in [4.69, 9.17) is 10.2 Å². The van der Waals surface area contributed by atoms with Crippen LogP contribution in [0, 0.1) is 17.8 Å². The van der Waals surface area contributed by atoms with E-state index in [0.717, 1.165) is 6.42 Å². The van der Waals surface area contributed by atoms with Crippen LogP contribution in [0.15, 0.2) is 0 Å². The number of carboxylic acid groups (broad SMARTS) is 2. The SMILES string of the molecule is CCC1CC(C(=O)O)CC1C(=O)O. The van der Waals surface area contributed by atoms with Crippen molar-refractivity contribution in [1.29, 1.82) is 0 Å². The van der Waals surface area contributed by atoms with E-state index in [1.807, 2.05) is 6.92 Å². The zero-order valence-corrected chi connectivity index (χ0v) is 7.56. The first kappa shape index (κ1) is 10.0. The van der Waals surface area contributed by atoms with Crippen LogP contribution in [0.1, 0.15) is 26.2 Å².